The minimum Gasteiger partial charge on any atom is -0.493 e. The molecule has 0 aliphatic rings. The molecule has 6 nitrogen and oxygen atoms in total. The number of nitrogen functional groups attached to an aromatic ring is 1. The number of nitrogens with two attached hydrogens (primary N) is 2. The lowest BCUT2D eigenvalue weighted by molar-refractivity contribution is 0.355. The van der Waals surface area contributed by atoms with E-state index in [1.165, 1.54) is 4.68 Å². The van der Waals surface area contributed by atoms with Crippen LogP contribution >= 0.6 is 12.2 Å². The molecule has 7 heteroatoms. The number of nitrogens with zero attached hydrogens (tertiary/aromatic N) is 2. The summed E-state index contributed by atoms with van der Waals surface area (Å²) in [6.45, 7) is 0. The van der Waals surface area contributed by atoms with Gasteiger partial charge in [-0.05, 0) is 48.6 Å². The summed E-state index contributed by atoms with van der Waals surface area (Å²) in [5.74, 6) is 1.26. The number of aromatic nitrogens is 2. The molecule has 3 aromatic rings. The lowest BCUT2D eigenvalue weighted by Crippen LogP contribution is -2.21. The van der Waals surface area contributed by atoms with Crippen LogP contribution in [0, 0.1) is 0 Å². The van der Waals surface area contributed by atoms with Gasteiger partial charge in [-0.2, -0.15) is 5.10 Å². The predicted molar refractivity (Wildman–Crippen MR) is 103 cm³/mol. The summed E-state index contributed by atoms with van der Waals surface area (Å²) in [6.07, 6.45) is 0. The van der Waals surface area contributed by atoms with Crippen molar-refractivity contribution in [3.63, 3.8) is 0 Å². The standard InChI is InChI=1S/C18H18N4O2S/c1-23-16-8-5-12(9-17(16)24-2)15-10-14(21-22(15)18(20)25)11-3-6-13(19)7-4-11/h3-10H,19H2,1-2H3,(H2,20,25). The van der Waals surface area contributed by atoms with Crippen molar-refractivity contribution in [2.45, 2.75) is 0 Å². The summed E-state index contributed by atoms with van der Waals surface area (Å²) in [7, 11) is 3.18. The summed E-state index contributed by atoms with van der Waals surface area (Å²) < 4.78 is 12.2. The highest BCUT2D eigenvalue weighted by Crippen LogP contribution is 2.33. The average molecular weight is 354 g/mol. The van der Waals surface area contributed by atoms with Crippen LogP contribution in [0.3, 0.4) is 0 Å². The van der Waals surface area contributed by atoms with Crippen molar-refractivity contribution in [1.82, 2.24) is 9.78 Å². The number of thiocarbonyl (C=S) groups is 1. The zero-order chi connectivity index (χ0) is 18.0. The van der Waals surface area contributed by atoms with Crippen molar-refractivity contribution in [1.29, 1.82) is 0 Å². The highest BCUT2D eigenvalue weighted by Gasteiger charge is 2.15. The Morgan fingerprint density at radius 2 is 1.60 bits per heavy atom. The van der Waals surface area contributed by atoms with Gasteiger partial charge in [-0.1, -0.05) is 12.1 Å². The minimum atomic E-state index is 0.159. The molecular weight excluding hydrogens is 336 g/mol. The maximum atomic E-state index is 5.85. The predicted octanol–water partition coefficient (Wildman–Crippen LogP) is 2.91. The summed E-state index contributed by atoms with van der Waals surface area (Å²) in [5.41, 5.74) is 15.6. The fourth-order valence-corrected chi connectivity index (χ4v) is 2.68. The van der Waals surface area contributed by atoms with E-state index in [4.69, 9.17) is 33.2 Å². The Kier molecular flexibility index (Phi) is 4.58. The van der Waals surface area contributed by atoms with Crippen LogP contribution in [0.5, 0.6) is 11.5 Å². The quantitative estimate of drug-likeness (QED) is 0.553. The molecule has 0 unspecified atom stereocenters. The normalized spacial score (nSPS) is 10.5. The van der Waals surface area contributed by atoms with Crippen molar-refractivity contribution in [2.75, 3.05) is 20.0 Å². The van der Waals surface area contributed by atoms with Crippen molar-refractivity contribution in [2.24, 2.45) is 5.73 Å². The molecule has 0 spiro atoms. The smallest absolute Gasteiger partial charge is 0.191 e. The first kappa shape index (κ1) is 16.8. The molecule has 3 rings (SSSR count). The first-order valence-corrected chi connectivity index (χ1v) is 7.92. The Bertz CT molecular complexity index is 919. The molecule has 2 aromatic carbocycles. The number of methoxy groups -OCH3 is 2. The van der Waals surface area contributed by atoms with Gasteiger partial charge in [0.15, 0.2) is 16.6 Å². The van der Waals surface area contributed by atoms with Gasteiger partial charge in [0.2, 0.25) is 0 Å². The molecule has 0 aliphatic carbocycles. The Morgan fingerprint density at radius 1 is 0.960 bits per heavy atom. The molecule has 128 valence electrons. The molecule has 25 heavy (non-hydrogen) atoms. The summed E-state index contributed by atoms with van der Waals surface area (Å²) in [6, 6.07) is 15.0. The maximum Gasteiger partial charge on any atom is 0.191 e. The molecule has 0 bridgehead atoms. The van der Waals surface area contributed by atoms with Crippen molar-refractivity contribution in [3.05, 3.63) is 48.5 Å². The van der Waals surface area contributed by atoms with Crippen LogP contribution in [0.15, 0.2) is 48.5 Å². The van der Waals surface area contributed by atoms with Gasteiger partial charge in [0.25, 0.3) is 0 Å². The fourth-order valence-electron chi connectivity index (χ4n) is 2.55. The molecule has 1 heterocycles. The Labute approximate surface area is 151 Å². The van der Waals surface area contributed by atoms with E-state index in [9.17, 15) is 0 Å². The molecule has 0 saturated carbocycles. The van der Waals surface area contributed by atoms with Gasteiger partial charge >= 0.3 is 0 Å². The van der Waals surface area contributed by atoms with E-state index in [1.807, 2.05) is 48.5 Å². The van der Waals surface area contributed by atoms with Crippen molar-refractivity contribution in [3.8, 4) is 34.0 Å². The Balaban J connectivity index is 2.12. The van der Waals surface area contributed by atoms with Crippen molar-refractivity contribution >= 4 is 23.0 Å². The number of hydrogen-bond acceptors (Lipinski definition) is 5. The number of anilines is 1. The van der Waals surface area contributed by atoms with Gasteiger partial charge in [-0.25, -0.2) is 4.68 Å². The number of ether oxygens (including phenoxy) is 2. The van der Waals surface area contributed by atoms with Crippen LogP contribution in [0.25, 0.3) is 22.5 Å². The van der Waals surface area contributed by atoms with Crippen LogP contribution in [-0.2, 0) is 0 Å². The molecule has 0 radical (unpaired) electrons. The Hall–Kier alpha value is -3.06. The Morgan fingerprint density at radius 3 is 2.20 bits per heavy atom. The first-order chi connectivity index (χ1) is 12.0. The molecular formula is C18H18N4O2S. The average Bonchev–Trinajstić information content (AvgIpc) is 3.07. The number of rotatable bonds is 4. The highest BCUT2D eigenvalue weighted by molar-refractivity contribution is 7.80. The molecule has 0 aliphatic heterocycles. The zero-order valence-corrected chi connectivity index (χ0v) is 14.7. The third kappa shape index (κ3) is 3.27. The topological polar surface area (TPSA) is 88.3 Å². The molecule has 4 N–H and O–H groups in total. The van der Waals surface area contributed by atoms with Crippen LogP contribution in [0.4, 0.5) is 5.69 Å². The van der Waals surface area contributed by atoms with Crippen LogP contribution < -0.4 is 20.9 Å². The van der Waals surface area contributed by atoms with Gasteiger partial charge in [0.05, 0.1) is 25.6 Å². The minimum absolute atomic E-state index is 0.159. The zero-order valence-electron chi connectivity index (χ0n) is 13.9. The van der Waals surface area contributed by atoms with Crippen LogP contribution in [0.1, 0.15) is 0 Å². The van der Waals surface area contributed by atoms with E-state index < -0.39 is 0 Å². The van der Waals surface area contributed by atoms with E-state index in [0.29, 0.717) is 17.2 Å². The van der Waals surface area contributed by atoms with E-state index in [1.54, 1.807) is 14.2 Å². The fraction of sp³-hybridized carbons (Fsp3) is 0.111. The van der Waals surface area contributed by atoms with E-state index in [-0.39, 0.29) is 5.11 Å². The number of benzene rings is 2. The molecule has 0 saturated heterocycles. The second kappa shape index (κ2) is 6.82. The van der Waals surface area contributed by atoms with Gasteiger partial charge in [0.1, 0.15) is 0 Å². The largest absolute Gasteiger partial charge is 0.493 e. The van der Waals surface area contributed by atoms with Crippen LogP contribution in [0.2, 0.25) is 0 Å². The van der Waals surface area contributed by atoms with Crippen LogP contribution in [-0.4, -0.2) is 29.1 Å². The van der Waals surface area contributed by atoms with Gasteiger partial charge in [-0.3, -0.25) is 0 Å². The first-order valence-electron chi connectivity index (χ1n) is 7.51. The van der Waals surface area contributed by atoms with E-state index in [2.05, 4.69) is 5.10 Å². The molecule has 1 aromatic heterocycles. The lowest BCUT2D eigenvalue weighted by Gasteiger charge is -2.10. The number of hydrogen-bond donors (Lipinski definition) is 2. The highest BCUT2D eigenvalue weighted by atomic mass is 32.1. The second-order valence-electron chi connectivity index (χ2n) is 5.36. The van der Waals surface area contributed by atoms with E-state index >= 15 is 0 Å². The van der Waals surface area contributed by atoms with Gasteiger partial charge < -0.3 is 20.9 Å². The summed E-state index contributed by atoms with van der Waals surface area (Å²) in [4.78, 5) is 0. The summed E-state index contributed by atoms with van der Waals surface area (Å²) >= 11 is 5.15. The van der Waals surface area contributed by atoms with E-state index in [0.717, 1.165) is 22.5 Å². The van der Waals surface area contributed by atoms with Gasteiger partial charge in [0, 0.05) is 16.8 Å². The SMILES string of the molecule is COc1ccc(-c2cc(-c3ccc(N)cc3)nn2C(N)=S)cc1OC. The van der Waals surface area contributed by atoms with Crippen molar-refractivity contribution < 1.29 is 9.47 Å². The molecule has 0 fully saturated rings. The second-order valence-corrected chi connectivity index (χ2v) is 5.77. The maximum absolute atomic E-state index is 5.85. The summed E-state index contributed by atoms with van der Waals surface area (Å²) in [5, 5.41) is 4.68. The van der Waals surface area contributed by atoms with Gasteiger partial charge in [-0.15, -0.1) is 0 Å². The molecule has 0 amide bonds. The third-order valence-corrected chi connectivity index (χ3v) is 3.98. The lowest BCUT2D eigenvalue weighted by atomic mass is 10.1. The monoisotopic (exact) mass is 354 g/mol. The molecule has 0 atom stereocenters. The third-order valence-electron chi connectivity index (χ3n) is 3.80.